The summed E-state index contributed by atoms with van der Waals surface area (Å²) < 4.78 is 22.3. The Morgan fingerprint density at radius 1 is 1.25 bits per heavy atom. The summed E-state index contributed by atoms with van der Waals surface area (Å²) >= 11 is 0. The first-order valence-electron chi connectivity index (χ1n) is 10.8. The largest absolute Gasteiger partial charge is 0.515 e. The van der Waals surface area contributed by atoms with Crippen LogP contribution in [0.3, 0.4) is 0 Å². The quantitative estimate of drug-likeness (QED) is 0.436. The van der Waals surface area contributed by atoms with Crippen LogP contribution in [0.1, 0.15) is 52.1 Å². The molecular weight excluding hydrogens is 412 g/mol. The van der Waals surface area contributed by atoms with Crippen molar-refractivity contribution in [2.75, 3.05) is 6.61 Å². The molecule has 3 aromatic heterocycles. The second-order valence-electron chi connectivity index (χ2n) is 8.65. The van der Waals surface area contributed by atoms with Gasteiger partial charge in [0.15, 0.2) is 5.79 Å². The summed E-state index contributed by atoms with van der Waals surface area (Å²) in [4.78, 5) is 28.1. The number of ether oxygens (including phenoxy) is 4. The number of carbonyl (C=O) groups is 1. The van der Waals surface area contributed by atoms with Gasteiger partial charge in [0, 0.05) is 21.9 Å². The third-order valence-corrected chi connectivity index (χ3v) is 5.52. The zero-order chi connectivity index (χ0) is 22.6. The first kappa shape index (κ1) is 20.7. The van der Waals surface area contributed by atoms with Crippen LogP contribution in [-0.2, 0) is 20.6 Å². The van der Waals surface area contributed by atoms with Crippen molar-refractivity contribution in [1.82, 2.24) is 19.9 Å². The summed E-state index contributed by atoms with van der Waals surface area (Å²) in [7, 11) is 0. The van der Waals surface area contributed by atoms with Gasteiger partial charge in [-0.1, -0.05) is 6.92 Å². The smallest absolute Gasteiger partial charge is 0.431 e. The Morgan fingerprint density at radius 2 is 2.06 bits per heavy atom. The maximum atomic E-state index is 12.1. The van der Waals surface area contributed by atoms with Crippen LogP contribution in [-0.4, -0.2) is 44.6 Å². The molecule has 1 saturated heterocycles. The van der Waals surface area contributed by atoms with E-state index in [9.17, 15) is 4.79 Å². The highest BCUT2D eigenvalue weighted by Gasteiger charge is 2.35. The van der Waals surface area contributed by atoms with E-state index in [0.29, 0.717) is 13.0 Å². The molecule has 0 aliphatic carbocycles. The number of aryl methyl sites for hydroxylation is 1. The number of rotatable bonds is 4. The lowest BCUT2D eigenvalue weighted by molar-refractivity contribution is -0.139. The van der Waals surface area contributed by atoms with E-state index in [-0.39, 0.29) is 18.1 Å². The highest BCUT2D eigenvalue weighted by atomic mass is 16.7. The van der Waals surface area contributed by atoms with E-state index in [1.807, 2.05) is 32.9 Å². The maximum Gasteiger partial charge on any atom is 0.515 e. The van der Waals surface area contributed by atoms with Crippen LogP contribution < -0.4 is 4.74 Å². The van der Waals surface area contributed by atoms with Crippen LogP contribution in [0, 0.1) is 0 Å². The van der Waals surface area contributed by atoms with Crippen molar-refractivity contribution in [2.45, 2.75) is 59.0 Å². The molecule has 1 fully saturated rings. The fourth-order valence-electron chi connectivity index (χ4n) is 4.21. The van der Waals surface area contributed by atoms with Crippen LogP contribution in [0.5, 0.6) is 5.88 Å². The lowest BCUT2D eigenvalue weighted by Crippen LogP contribution is -2.19. The molecule has 5 rings (SSSR count). The summed E-state index contributed by atoms with van der Waals surface area (Å²) in [6, 6.07) is 3.95. The molecule has 0 saturated carbocycles. The number of nitrogens with zero attached hydrogens (tertiary/aromatic N) is 2. The van der Waals surface area contributed by atoms with Gasteiger partial charge in [0.2, 0.25) is 5.88 Å². The number of carbonyl (C=O) groups excluding carboxylic acids is 1. The van der Waals surface area contributed by atoms with Crippen LogP contribution in [0.2, 0.25) is 0 Å². The number of aromatic nitrogens is 4. The van der Waals surface area contributed by atoms with Gasteiger partial charge in [0.05, 0.1) is 35.5 Å². The molecule has 1 aromatic carbocycles. The van der Waals surface area contributed by atoms with Crippen molar-refractivity contribution in [2.24, 2.45) is 0 Å². The van der Waals surface area contributed by atoms with E-state index in [1.165, 1.54) is 0 Å². The van der Waals surface area contributed by atoms with Gasteiger partial charge in [0.1, 0.15) is 11.9 Å². The van der Waals surface area contributed by atoms with Gasteiger partial charge < -0.3 is 28.9 Å². The van der Waals surface area contributed by atoms with Crippen LogP contribution in [0.4, 0.5) is 4.79 Å². The predicted octanol–water partition coefficient (Wildman–Crippen LogP) is 4.90. The minimum absolute atomic E-state index is 0.248. The number of pyridine rings is 1. The molecule has 4 heterocycles. The molecule has 1 aliphatic rings. The minimum atomic E-state index is -0.767. The van der Waals surface area contributed by atoms with Crippen LogP contribution in [0.15, 0.2) is 18.3 Å². The minimum Gasteiger partial charge on any atom is -0.431 e. The second kappa shape index (κ2) is 7.46. The zero-order valence-corrected chi connectivity index (χ0v) is 18.7. The topological polar surface area (TPSA) is 111 Å². The summed E-state index contributed by atoms with van der Waals surface area (Å²) in [6.07, 6.45) is 0.976. The molecule has 9 heteroatoms. The van der Waals surface area contributed by atoms with Gasteiger partial charge in [-0.15, -0.1) is 0 Å². The molecule has 32 heavy (non-hydrogen) atoms. The Balaban J connectivity index is 1.66. The van der Waals surface area contributed by atoms with E-state index < -0.39 is 11.9 Å². The van der Waals surface area contributed by atoms with E-state index >= 15 is 0 Å². The molecule has 1 atom stereocenters. The van der Waals surface area contributed by atoms with Gasteiger partial charge in [-0.2, -0.15) is 0 Å². The van der Waals surface area contributed by atoms with Crippen molar-refractivity contribution in [1.29, 1.82) is 0 Å². The third-order valence-electron chi connectivity index (χ3n) is 5.52. The van der Waals surface area contributed by atoms with E-state index in [2.05, 4.69) is 15.0 Å². The third kappa shape index (κ3) is 3.47. The van der Waals surface area contributed by atoms with Crippen LogP contribution >= 0.6 is 0 Å². The van der Waals surface area contributed by atoms with Gasteiger partial charge in [-0.3, -0.25) is 0 Å². The lowest BCUT2D eigenvalue weighted by Gasteiger charge is -2.15. The average Bonchev–Trinajstić information content (AvgIpc) is 3.40. The van der Waals surface area contributed by atoms with Gasteiger partial charge in [-0.05, 0) is 46.2 Å². The SMILES string of the molecule is CCc1c(OC(=O)OC(C)C)ncc2[nH]c3ccc4nc(C5COC(C)(C)O5)[nH]c4c3c12. The van der Waals surface area contributed by atoms with E-state index in [0.717, 1.165) is 44.2 Å². The molecular formula is C23H26N4O5. The highest BCUT2D eigenvalue weighted by Crippen LogP contribution is 2.38. The van der Waals surface area contributed by atoms with Gasteiger partial charge in [-0.25, -0.2) is 14.8 Å². The summed E-state index contributed by atoms with van der Waals surface area (Å²) in [6.45, 7) is 9.75. The molecule has 1 unspecified atom stereocenters. The first-order chi connectivity index (χ1) is 15.3. The molecule has 2 N–H and O–H groups in total. The molecule has 168 valence electrons. The predicted molar refractivity (Wildman–Crippen MR) is 119 cm³/mol. The van der Waals surface area contributed by atoms with Crippen molar-refractivity contribution in [3.05, 3.63) is 29.7 Å². The molecule has 0 bridgehead atoms. The Bertz CT molecular complexity index is 1340. The number of hydrogen-bond acceptors (Lipinski definition) is 7. The highest BCUT2D eigenvalue weighted by molar-refractivity contribution is 6.19. The Hall–Kier alpha value is -3.17. The molecule has 0 spiro atoms. The van der Waals surface area contributed by atoms with Crippen molar-refractivity contribution < 1.29 is 23.7 Å². The fourth-order valence-corrected chi connectivity index (χ4v) is 4.21. The number of hydrogen-bond donors (Lipinski definition) is 2. The molecule has 9 nitrogen and oxygen atoms in total. The number of benzene rings is 1. The summed E-state index contributed by atoms with van der Waals surface area (Å²) in [5.74, 6) is 0.326. The first-order valence-corrected chi connectivity index (χ1v) is 10.8. The van der Waals surface area contributed by atoms with Crippen molar-refractivity contribution in [3.8, 4) is 5.88 Å². The zero-order valence-electron chi connectivity index (χ0n) is 18.7. The second-order valence-corrected chi connectivity index (χ2v) is 8.65. The van der Waals surface area contributed by atoms with E-state index in [1.54, 1.807) is 20.0 Å². The molecule has 0 amide bonds. The lowest BCUT2D eigenvalue weighted by atomic mass is 10.1. The fraction of sp³-hybridized carbons (Fsp3) is 0.435. The van der Waals surface area contributed by atoms with Gasteiger partial charge in [0.25, 0.3) is 0 Å². The maximum absolute atomic E-state index is 12.1. The number of fused-ring (bicyclic) bond motifs is 5. The van der Waals surface area contributed by atoms with Crippen molar-refractivity contribution >= 4 is 39.0 Å². The summed E-state index contributed by atoms with van der Waals surface area (Å²) in [5.41, 5.74) is 4.31. The molecule has 0 radical (unpaired) electrons. The Kier molecular flexibility index (Phi) is 4.83. The Labute approximate surface area is 184 Å². The normalized spacial score (nSPS) is 18.2. The number of aromatic amines is 2. The molecule has 1 aliphatic heterocycles. The average molecular weight is 438 g/mol. The van der Waals surface area contributed by atoms with E-state index in [4.69, 9.17) is 23.9 Å². The summed E-state index contributed by atoms with van der Waals surface area (Å²) in [5, 5.41) is 1.91. The van der Waals surface area contributed by atoms with Crippen molar-refractivity contribution in [3.63, 3.8) is 0 Å². The number of nitrogens with one attached hydrogen (secondary N) is 2. The van der Waals surface area contributed by atoms with Crippen LogP contribution in [0.25, 0.3) is 32.8 Å². The Morgan fingerprint density at radius 3 is 2.75 bits per heavy atom. The van der Waals surface area contributed by atoms with Gasteiger partial charge >= 0.3 is 6.16 Å². The monoisotopic (exact) mass is 438 g/mol. The standard InChI is InChI=1S/C23H26N4O5/c1-6-12-17-15(9-24-21(12)31-22(28)30-11(2)3)25-13-7-8-14-19(18(13)17)27-20(26-14)16-10-29-23(4,5)32-16/h7-9,11,16,25H,6,10H2,1-5H3,(H,26,27). The number of H-pyrrole nitrogens is 2. The number of imidazole rings is 1. The molecule has 4 aromatic rings.